The quantitative estimate of drug-likeness (QED) is 0.506. The number of carbonyl (C=O) groups is 1. The first-order valence-corrected chi connectivity index (χ1v) is 8.61. The molecule has 0 bridgehead atoms. The van der Waals surface area contributed by atoms with Gasteiger partial charge in [0.1, 0.15) is 10.7 Å². The van der Waals surface area contributed by atoms with Gasteiger partial charge in [-0.2, -0.15) is 0 Å². The molecule has 0 atom stereocenters. The lowest BCUT2D eigenvalue weighted by molar-refractivity contribution is -0.122. The lowest BCUT2D eigenvalue weighted by Gasteiger charge is -2.10. The lowest BCUT2D eigenvalue weighted by Crippen LogP contribution is -2.35. The van der Waals surface area contributed by atoms with E-state index in [1.807, 2.05) is 0 Å². The Labute approximate surface area is 130 Å². The maximum absolute atomic E-state index is 13.2. The zero-order chi connectivity index (χ0) is 15.6. The fourth-order valence-electron chi connectivity index (χ4n) is 1.72. The number of anilines is 1. The van der Waals surface area contributed by atoms with Crippen LogP contribution in [0.3, 0.4) is 0 Å². The maximum atomic E-state index is 13.2. The lowest BCUT2D eigenvalue weighted by atomic mass is 10.3. The summed E-state index contributed by atoms with van der Waals surface area (Å²) < 4.78 is 39.7. The van der Waals surface area contributed by atoms with Gasteiger partial charge in [-0.05, 0) is 40.9 Å². The average molecular weight is 380 g/mol. The molecule has 1 aliphatic rings. The van der Waals surface area contributed by atoms with E-state index in [-0.39, 0.29) is 40.0 Å². The van der Waals surface area contributed by atoms with Gasteiger partial charge in [0, 0.05) is 19.0 Å². The highest BCUT2D eigenvalue weighted by Gasteiger charge is 2.29. The molecule has 116 valence electrons. The number of hydrogen-bond acceptors (Lipinski definition) is 4. The molecule has 21 heavy (non-hydrogen) atoms. The molecule has 0 spiro atoms. The summed E-state index contributed by atoms with van der Waals surface area (Å²) in [5.41, 5.74) is 5.35. The first-order valence-electron chi connectivity index (χ1n) is 6.33. The van der Waals surface area contributed by atoms with Crippen LogP contribution >= 0.6 is 15.9 Å². The highest BCUT2D eigenvalue weighted by molar-refractivity contribution is 9.10. The summed E-state index contributed by atoms with van der Waals surface area (Å²) >= 11 is 2.92. The van der Waals surface area contributed by atoms with E-state index in [1.54, 1.807) is 0 Å². The Morgan fingerprint density at radius 1 is 1.38 bits per heavy atom. The van der Waals surface area contributed by atoms with E-state index < -0.39 is 15.8 Å². The number of nitrogens with two attached hydrogens (primary N) is 1. The van der Waals surface area contributed by atoms with Crippen molar-refractivity contribution in [3.63, 3.8) is 0 Å². The molecule has 2 rings (SSSR count). The molecule has 4 N–H and O–H groups in total. The Kier molecular flexibility index (Phi) is 4.84. The van der Waals surface area contributed by atoms with Gasteiger partial charge < -0.3 is 11.1 Å². The van der Waals surface area contributed by atoms with Crippen molar-refractivity contribution in [2.24, 2.45) is 5.92 Å². The molecule has 6 nitrogen and oxygen atoms in total. The van der Waals surface area contributed by atoms with Gasteiger partial charge in [-0.1, -0.05) is 0 Å². The summed E-state index contributed by atoms with van der Waals surface area (Å²) in [6, 6.07) is 2.04. The van der Waals surface area contributed by atoms with Gasteiger partial charge in [-0.15, -0.1) is 0 Å². The molecule has 9 heteroatoms. The molecule has 1 saturated carbocycles. The minimum Gasteiger partial charge on any atom is -0.398 e. The third-order valence-corrected chi connectivity index (χ3v) is 5.13. The van der Waals surface area contributed by atoms with Crippen molar-refractivity contribution in [1.82, 2.24) is 10.0 Å². The van der Waals surface area contributed by atoms with E-state index in [9.17, 15) is 17.6 Å². The molecule has 1 aliphatic carbocycles. The Morgan fingerprint density at radius 2 is 2.05 bits per heavy atom. The van der Waals surface area contributed by atoms with Crippen LogP contribution in [-0.4, -0.2) is 27.4 Å². The number of halogens is 2. The summed E-state index contributed by atoms with van der Waals surface area (Å²) in [4.78, 5) is 11.2. The summed E-state index contributed by atoms with van der Waals surface area (Å²) in [5, 5.41) is 2.64. The van der Waals surface area contributed by atoms with Gasteiger partial charge in [0.05, 0.1) is 10.2 Å². The largest absolute Gasteiger partial charge is 0.398 e. The van der Waals surface area contributed by atoms with Crippen molar-refractivity contribution in [3.8, 4) is 0 Å². The molecular formula is C12H15BrFN3O3S. The van der Waals surface area contributed by atoms with Crippen LogP contribution in [0.25, 0.3) is 0 Å². The van der Waals surface area contributed by atoms with E-state index in [0.29, 0.717) is 0 Å². The molecule has 1 fully saturated rings. The van der Waals surface area contributed by atoms with Gasteiger partial charge >= 0.3 is 0 Å². The van der Waals surface area contributed by atoms with Crippen molar-refractivity contribution < 1.29 is 17.6 Å². The molecule has 0 unspecified atom stereocenters. The molecule has 0 aromatic heterocycles. The number of benzene rings is 1. The standard InChI is InChI=1S/C12H15BrFN3O3S/c13-8-5-11(10(15)6-9(8)14)21(19,20)17-4-3-16-12(18)7-1-2-7/h5-7,17H,1-4,15H2,(H,16,18). The summed E-state index contributed by atoms with van der Waals surface area (Å²) in [6.07, 6.45) is 1.77. The third-order valence-electron chi connectivity index (χ3n) is 3.01. The van der Waals surface area contributed by atoms with Crippen LogP contribution in [0.2, 0.25) is 0 Å². The Bertz CT molecular complexity index is 662. The van der Waals surface area contributed by atoms with E-state index >= 15 is 0 Å². The number of hydrogen-bond donors (Lipinski definition) is 3. The second-order valence-corrected chi connectivity index (χ2v) is 7.36. The normalized spacial score (nSPS) is 15.0. The first kappa shape index (κ1) is 16.2. The summed E-state index contributed by atoms with van der Waals surface area (Å²) in [7, 11) is -3.86. The summed E-state index contributed by atoms with van der Waals surface area (Å²) in [5.74, 6) is -0.619. The number of rotatable bonds is 6. The molecule has 0 heterocycles. The SMILES string of the molecule is Nc1cc(F)c(Br)cc1S(=O)(=O)NCCNC(=O)C1CC1. The van der Waals surface area contributed by atoms with Gasteiger partial charge in [0.25, 0.3) is 0 Å². The average Bonchev–Trinajstić information content (AvgIpc) is 3.23. The van der Waals surface area contributed by atoms with Crippen molar-refractivity contribution in [2.75, 3.05) is 18.8 Å². The maximum Gasteiger partial charge on any atom is 0.242 e. The molecule has 1 aromatic carbocycles. The zero-order valence-electron chi connectivity index (χ0n) is 11.0. The minimum absolute atomic E-state index is 0.0131. The number of nitrogen functional groups attached to an aromatic ring is 1. The van der Waals surface area contributed by atoms with Gasteiger partial charge in [-0.3, -0.25) is 4.79 Å². The molecule has 0 radical (unpaired) electrons. The van der Waals surface area contributed by atoms with Crippen molar-refractivity contribution in [3.05, 3.63) is 22.4 Å². The van der Waals surface area contributed by atoms with Crippen LogP contribution in [0.1, 0.15) is 12.8 Å². The highest BCUT2D eigenvalue weighted by Crippen LogP contribution is 2.28. The number of amides is 1. The number of carbonyl (C=O) groups excluding carboxylic acids is 1. The Morgan fingerprint density at radius 3 is 2.67 bits per heavy atom. The highest BCUT2D eigenvalue weighted by atomic mass is 79.9. The third kappa shape index (κ3) is 4.14. The monoisotopic (exact) mass is 379 g/mol. The summed E-state index contributed by atoms with van der Waals surface area (Å²) in [6.45, 7) is 0.228. The van der Waals surface area contributed by atoms with E-state index in [2.05, 4.69) is 26.0 Å². The van der Waals surface area contributed by atoms with Crippen molar-refractivity contribution >= 4 is 37.5 Å². The molecule has 1 aromatic rings. The number of sulfonamides is 1. The topological polar surface area (TPSA) is 101 Å². The fraction of sp³-hybridized carbons (Fsp3) is 0.417. The van der Waals surface area contributed by atoms with Gasteiger partial charge in [0.15, 0.2) is 0 Å². The van der Waals surface area contributed by atoms with Crippen LogP contribution in [-0.2, 0) is 14.8 Å². The second kappa shape index (κ2) is 6.29. The minimum atomic E-state index is -3.86. The predicted octanol–water partition coefficient (Wildman–Crippen LogP) is 0.975. The second-order valence-electron chi connectivity index (χ2n) is 4.77. The van der Waals surface area contributed by atoms with Crippen LogP contribution in [0.5, 0.6) is 0 Å². The smallest absolute Gasteiger partial charge is 0.242 e. The number of nitrogens with one attached hydrogen (secondary N) is 2. The molecule has 0 saturated heterocycles. The van der Waals surface area contributed by atoms with Gasteiger partial charge in [0.2, 0.25) is 15.9 Å². The first-order chi connectivity index (χ1) is 9.81. The van der Waals surface area contributed by atoms with Crippen LogP contribution in [0.15, 0.2) is 21.5 Å². The van der Waals surface area contributed by atoms with Gasteiger partial charge in [-0.25, -0.2) is 17.5 Å². The molecular weight excluding hydrogens is 365 g/mol. The van der Waals surface area contributed by atoms with Crippen LogP contribution in [0, 0.1) is 11.7 Å². The van der Waals surface area contributed by atoms with Crippen LogP contribution < -0.4 is 15.8 Å². The van der Waals surface area contributed by atoms with Crippen LogP contribution in [0.4, 0.5) is 10.1 Å². The predicted molar refractivity (Wildman–Crippen MR) is 79.4 cm³/mol. The van der Waals surface area contributed by atoms with E-state index in [0.717, 1.165) is 25.0 Å². The Hall–Kier alpha value is -1.19. The fourth-order valence-corrected chi connectivity index (χ4v) is 3.38. The van der Waals surface area contributed by atoms with E-state index in [1.165, 1.54) is 0 Å². The molecule has 1 amide bonds. The van der Waals surface area contributed by atoms with Crippen molar-refractivity contribution in [2.45, 2.75) is 17.7 Å². The Balaban J connectivity index is 1.95. The zero-order valence-corrected chi connectivity index (χ0v) is 13.4. The molecule has 0 aliphatic heterocycles. The van der Waals surface area contributed by atoms with Crippen molar-refractivity contribution in [1.29, 1.82) is 0 Å². The van der Waals surface area contributed by atoms with E-state index in [4.69, 9.17) is 5.73 Å².